The lowest BCUT2D eigenvalue weighted by atomic mass is 9.79. The average Bonchev–Trinajstić information content (AvgIpc) is 2.06. The number of benzene rings is 1. The minimum Gasteiger partial charge on any atom is -0.328 e. The van der Waals surface area contributed by atoms with E-state index in [1.807, 2.05) is 26.8 Å². The molecule has 0 spiro atoms. The monoisotopic (exact) mass is 273 g/mol. The van der Waals surface area contributed by atoms with Gasteiger partial charge in [0.15, 0.2) is 0 Å². The summed E-state index contributed by atoms with van der Waals surface area (Å²) in [6.07, 6.45) is 0.764. The molecule has 0 aromatic heterocycles. The molecule has 0 heterocycles. The van der Waals surface area contributed by atoms with Gasteiger partial charge in [-0.25, -0.2) is 4.39 Å². The van der Waals surface area contributed by atoms with Gasteiger partial charge in [-0.1, -0.05) is 29.8 Å². The molecule has 0 bridgehead atoms. The van der Waals surface area contributed by atoms with Crippen LogP contribution in [0.2, 0.25) is 0 Å². The second kappa shape index (κ2) is 4.62. The van der Waals surface area contributed by atoms with E-state index in [1.54, 1.807) is 6.07 Å². The Bertz CT molecular complexity index is 347. The number of halogens is 2. The first-order valence-electron chi connectivity index (χ1n) is 5.04. The van der Waals surface area contributed by atoms with E-state index in [1.165, 1.54) is 6.07 Å². The highest BCUT2D eigenvalue weighted by atomic mass is 79.9. The van der Waals surface area contributed by atoms with E-state index < -0.39 is 0 Å². The fraction of sp³-hybridized carbons (Fsp3) is 0.500. The van der Waals surface area contributed by atoms with Gasteiger partial charge in [-0.3, -0.25) is 0 Å². The second-order valence-electron chi connectivity index (χ2n) is 4.69. The lowest BCUT2D eigenvalue weighted by Crippen LogP contribution is -2.29. The standard InChI is InChI=1S/C12H17BrFN/c1-8(15)7-12(2,3)10-6-9(13)4-5-11(10)14/h4-6,8H,7,15H2,1-3H3. The normalized spacial score (nSPS) is 14.0. The molecule has 1 aromatic carbocycles. The van der Waals surface area contributed by atoms with Crippen molar-refractivity contribution in [3.63, 3.8) is 0 Å². The highest BCUT2D eigenvalue weighted by Gasteiger charge is 2.25. The first-order valence-corrected chi connectivity index (χ1v) is 5.83. The molecule has 0 aliphatic rings. The second-order valence-corrected chi connectivity index (χ2v) is 5.61. The van der Waals surface area contributed by atoms with Crippen LogP contribution in [0.4, 0.5) is 4.39 Å². The van der Waals surface area contributed by atoms with Crippen LogP contribution in [0.3, 0.4) is 0 Å². The maximum Gasteiger partial charge on any atom is 0.127 e. The number of rotatable bonds is 3. The highest BCUT2D eigenvalue weighted by Crippen LogP contribution is 2.31. The van der Waals surface area contributed by atoms with Gasteiger partial charge in [0.25, 0.3) is 0 Å². The molecule has 1 aromatic rings. The van der Waals surface area contributed by atoms with Crippen molar-refractivity contribution >= 4 is 15.9 Å². The van der Waals surface area contributed by atoms with Crippen molar-refractivity contribution in [1.82, 2.24) is 0 Å². The van der Waals surface area contributed by atoms with E-state index in [0.29, 0.717) is 5.56 Å². The molecule has 2 N–H and O–H groups in total. The molecule has 1 rings (SSSR count). The Balaban J connectivity index is 3.08. The van der Waals surface area contributed by atoms with Gasteiger partial charge in [0.1, 0.15) is 5.82 Å². The summed E-state index contributed by atoms with van der Waals surface area (Å²) in [5.74, 6) is -0.163. The van der Waals surface area contributed by atoms with Crippen molar-refractivity contribution in [2.45, 2.75) is 38.6 Å². The van der Waals surface area contributed by atoms with Crippen molar-refractivity contribution in [1.29, 1.82) is 0 Å². The lowest BCUT2D eigenvalue weighted by Gasteiger charge is -2.27. The van der Waals surface area contributed by atoms with Gasteiger partial charge in [-0.15, -0.1) is 0 Å². The zero-order chi connectivity index (χ0) is 11.6. The van der Waals surface area contributed by atoms with Crippen molar-refractivity contribution in [3.8, 4) is 0 Å². The largest absolute Gasteiger partial charge is 0.328 e. The Morgan fingerprint density at radius 2 is 2.07 bits per heavy atom. The van der Waals surface area contributed by atoms with Crippen LogP contribution >= 0.6 is 15.9 Å². The average molecular weight is 274 g/mol. The lowest BCUT2D eigenvalue weighted by molar-refractivity contribution is 0.417. The topological polar surface area (TPSA) is 26.0 Å². The number of hydrogen-bond donors (Lipinski definition) is 1. The molecule has 0 aliphatic heterocycles. The van der Waals surface area contributed by atoms with Crippen molar-refractivity contribution < 1.29 is 4.39 Å². The summed E-state index contributed by atoms with van der Waals surface area (Å²) in [4.78, 5) is 0. The van der Waals surface area contributed by atoms with Crippen molar-refractivity contribution in [2.75, 3.05) is 0 Å². The summed E-state index contributed by atoms with van der Waals surface area (Å²) >= 11 is 3.36. The summed E-state index contributed by atoms with van der Waals surface area (Å²) in [7, 11) is 0. The molecule has 0 aliphatic carbocycles. The Labute approximate surface area is 99.0 Å². The maximum absolute atomic E-state index is 13.7. The highest BCUT2D eigenvalue weighted by molar-refractivity contribution is 9.10. The molecular weight excluding hydrogens is 257 g/mol. The predicted molar refractivity (Wildman–Crippen MR) is 65.4 cm³/mol. The van der Waals surface area contributed by atoms with Crippen LogP contribution in [-0.2, 0) is 5.41 Å². The quantitative estimate of drug-likeness (QED) is 0.895. The molecular formula is C12H17BrFN. The molecule has 15 heavy (non-hydrogen) atoms. The van der Waals surface area contributed by atoms with E-state index in [-0.39, 0.29) is 17.3 Å². The molecule has 84 valence electrons. The Kier molecular flexibility index (Phi) is 3.90. The third-order valence-electron chi connectivity index (χ3n) is 2.49. The molecule has 1 atom stereocenters. The summed E-state index contributed by atoms with van der Waals surface area (Å²) in [5, 5.41) is 0. The SMILES string of the molecule is CC(N)CC(C)(C)c1cc(Br)ccc1F. The first-order chi connectivity index (χ1) is 6.83. The van der Waals surface area contributed by atoms with Crippen LogP contribution in [0, 0.1) is 5.82 Å². The smallest absolute Gasteiger partial charge is 0.127 e. The minimum absolute atomic E-state index is 0.0679. The maximum atomic E-state index is 13.7. The predicted octanol–water partition coefficient (Wildman–Crippen LogP) is 3.60. The van der Waals surface area contributed by atoms with E-state index in [2.05, 4.69) is 15.9 Å². The molecule has 0 radical (unpaired) electrons. The summed E-state index contributed by atoms with van der Waals surface area (Å²) in [6.45, 7) is 5.97. The molecule has 0 fully saturated rings. The van der Waals surface area contributed by atoms with E-state index >= 15 is 0 Å². The van der Waals surface area contributed by atoms with Crippen LogP contribution < -0.4 is 5.73 Å². The van der Waals surface area contributed by atoms with Gasteiger partial charge in [0, 0.05) is 10.5 Å². The zero-order valence-corrected chi connectivity index (χ0v) is 10.9. The summed E-state index contributed by atoms with van der Waals surface area (Å²) < 4.78 is 14.6. The van der Waals surface area contributed by atoms with Crippen LogP contribution in [0.25, 0.3) is 0 Å². The van der Waals surface area contributed by atoms with Crippen LogP contribution in [0.1, 0.15) is 32.8 Å². The molecule has 0 saturated heterocycles. The minimum atomic E-state index is -0.234. The van der Waals surface area contributed by atoms with Crippen LogP contribution in [0.15, 0.2) is 22.7 Å². The fourth-order valence-corrected chi connectivity index (χ4v) is 2.29. The summed E-state index contributed by atoms with van der Waals surface area (Å²) in [5.41, 5.74) is 6.25. The van der Waals surface area contributed by atoms with Gasteiger partial charge < -0.3 is 5.73 Å². The van der Waals surface area contributed by atoms with Crippen LogP contribution in [-0.4, -0.2) is 6.04 Å². The van der Waals surface area contributed by atoms with Gasteiger partial charge >= 0.3 is 0 Å². The molecule has 1 nitrogen and oxygen atoms in total. The number of nitrogens with two attached hydrogens (primary N) is 1. The Morgan fingerprint density at radius 1 is 1.47 bits per heavy atom. The third kappa shape index (κ3) is 3.28. The van der Waals surface area contributed by atoms with E-state index in [0.717, 1.165) is 10.9 Å². The third-order valence-corrected chi connectivity index (χ3v) is 2.98. The van der Waals surface area contributed by atoms with Gasteiger partial charge in [0.2, 0.25) is 0 Å². The Morgan fingerprint density at radius 3 is 2.60 bits per heavy atom. The fourth-order valence-electron chi connectivity index (χ4n) is 1.93. The first kappa shape index (κ1) is 12.7. The number of hydrogen-bond acceptors (Lipinski definition) is 1. The summed E-state index contributed by atoms with van der Waals surface area (Å²) in [6, 6.07) is 5.10. The molecule has 0 saturated carbocycles. The molecule has 3 heteroatoms. The van der Waals surface area contributed by atoms with E-state index in [9.17, 15) is 4.39 Å². The van der Waals surface area contributed by atoms with Crippen molar-refractivity contribution in [3.05, 3.63) is 34.1 Å². The van der Waals surface area contributed by atoms with Crippen LogP contribution in [0.5, 0.6) is 0 Å². The van der Waals surface area contributed by atoms with Gasteiger partial charge in [0.05, 0.1) is 0 Å². The van der Waals surface area contributed by atoms with Gasteiger partial charge in [-0.2, -0.15) is 0 Å². The van der Waals surface area contributed by atoms with Gasteiger partial charge in [-0.05, 0) is 42.5 Å². The molecule has 0 amide bonds. The van der Waals surface area contributed by atoms with E-state index in [4.69, 9.17) is 5.73 Å². The Hall–Kier alpha value is -0.410. The van der Waals surface area contributed by atoms with Crippen molar-refractivity contribution in [2.24, 2.45) is 5.73 Å². The molecule has 1 unspecified atom stereocenters. The zero-order valence-electron chi connectivity index (χ0n) is 9.35.